The number of ether oxygens (including phenoxy) is 1. The molecule has 7 nitrogen and oxygen atoms in total. The van der Waals surface area contributed by atoms with Crippen molar-refractivity contribution in [2.45, 2.75) is 39.8 Å². The molecule has 0 bridgehead atoms. The molecule has 0 spiro atoms. The van der Waals surface area contributed by atoms with Crippen LogP contribution in [0.4, 0.5) is 15.8 Å². The molecule has 2 atom stereocenters. The number of carbonyl (C=O) groups is 1. The van der Waals surface area contributed by atoms with Crippen LogP contribution in [-0.4, -0.2) is 36.2 Å². The van der Waals surface area contributed by atoms with Crippen LogP contribution in [0.2, 0.25) is 0 Å². The first-order chi connectivity index (χ1) is 17.6. The molecule has 0 saturated carbocycles. The lowest BCUT2D eigenvalue weighted by atomic mass is 9.78. The molecule has 0 amide bonds. The Bertz CT molecular complexity index is 1310. The Morgan fingerprint density at radius 2 is 1.95 bits per heavy atom. The fourth-order valence-corrected chi connectivity index (χ4v) is 5.10. The van der Waals surface area contributed by atoms with Crippen molar-refractivity contribution in [3.05, 3.63) is 87.7 Å². The van der Waals surface area contributed by atoms with Gasteiger partial charge in [0.1, 0.15) is 18.2 Å². The third-order valence-corrected chi connectivity index (χ3v) is 7.35. The zero-order valence-electron chi connectivity index (χ0n) is 21.8. The number of anilines is 2. The maximum atomic E-state index is 13.9. The molecule has 1 heterocycles. The van der Waals surface area contributed by atoms with Gasteiger partial charge in [-0.05, 0) is 65.9 Å². The minimum absolute atomic E-state index is 0.283. The van der Waals surface area contributed by atoms with E-state index in [0.29, 0.717) is 43.4 Å². The summed E-state index contributed by atoms with van der Waals surface area (Å²) in [7, 11) is 1.72. The minimum Gasteiger partial charge on any atom is -0.492 e. The first-order valence-electron chi connectivity index (χ1n) is 12.4. The molecule has 0 aromatic heterocycles. The minimum atomic E-state index is -0.881. The predicted molar refractivity (Wildman–Crippen MR) is 144 cm³/mol. The van der Waals surface area contributed by atoms with Crippen molar-refractivity contribution in [3.8, 4) is 5.75 Å². The number of nitrogen functional groups attached to an aromatic ring is 1. The average Bonchev–Trinajstić information content (AvgIpc) is 3.04. The summed E-state index contributed by atoms with van der Waals surface area (Å²) < 4.78 is 19.7. The number of hydrogen-bond donors (Lipinski definition) is 3. The summed E-state index contributed by atoms with van der Waals surface area (Å²) in [5, 5.41) is 11.5. The molecule has 8 heteroatoms. The van der Waals surface area contributed by atoms with Gasteiger partial charge in [0.15, 0.2) is 0 Å². The van der Waals surface area contributed by atoms with Crippen LogP contribution in [0, 0.1) is 25.6 Å². The molecule has 0 fully saturated rings. The Balaban J connectivity index is 1.71. The number of hydrogen-bond acceptors (Lipinski definition) is 6. The van der Waals surface area contributed by atoms with Crippen LogP contribution < -0.4 is 21.3 Å². The summed E-state index contributed by atoms with van der Waals surface area (Å²) in [6.45, 7) is 8.08. The average molecular weight is 507 g/mol. The normalized spacial score (nSPS) is 15.3. The summed E-state index contributed by atoms with van der Waals surface area (Å²) in [6.07, 6.45) is 0. The lowest BCUT2D eigenvalue weighted by Crippen LogP contribution is -2.27. The molecular weight excluding hydrogens is 471 g/mol. The van der Waals surface area contributed by atoms with Gasteiger partial charge in [-0.3, -0.25) is 9.69 Å². The molecule has 1 aliphatic heterocycles. The number of nitrogens with two attached hydrogens (primary N) is 2. The van der Waals surface area contributed by atoms with Crippen LogP contribution in [0.1, 0.15) is 46.2 Å². The van der Waals surface area contributed by atoms with E-state index in [-0.39, 0.29) is 5.82 Å². The molecule has 4 rings (SSSR count). The maximum Gasteiger partial charge on any atom is 0.307 e. The highest BCUT2D eigenvalue weighted by molar-refractivity contribution is 5.75. The molecule has 0 saturated heterocycles. The number of rotatable bonds is 7. The van der Waals surface area contributed by atoms with Gasteiger partial charge in [-0.15, -0.1) is 0 Å². The largest absolute Gasteiger partial charge is 0.492 e. The first-order valence-corrected chi connectivity index (χ1v) is 12.4. The summed E-state index contributed by atoms with van der Waals surface area (Å²) in [5.74, 6) is 4.39. The number of carboxylic acid groups (broad SMARTS) is 1. The molecule has 0 radical (unpaired) electrons. The van der Waals surface area contributed by atoms with E-state index in [0.717, 1.165) is 33.4 Å². The fraction of sp³-hybridized carbons (Fsp3) is 0.345. The number of fused-ring (bicyclic) bond motifs is 1. The third kappa shape index (κ3) is 5.55. The van der Waals surface area contributed by atoms with E-state index in [1.165, 1.54) is 17.1 Å². The third-order valence-electron chi connectivity index (χ3n) is 7.35. The second-order valence-corrected chi connectivity index (χ2v) is 9.93. The first kappa shape index (κ1) is 26.4. The van der Waals surface area contributed by atoms with Crippen LogP contribution in [0.3, 0.4) is 0 Å². The molecule has 196 valence electrons. The smallest absolute Gasteiger partial charge is 0.307 e. The number of hydrazine groups is 1. The fourth-order valence-electron chi connectivity index (χ4n) is 5.10. The number of benzene rings is 3. The highest BCUT2D eigenvalue weighted by Gasteiger charge is 2.30. The van der Waals surface area contributed by atoms with E-state index >= 15 is 0 Å². The molecule has 3 aromatic carbocycles. The number of aryl methyl sites for hydroxylation is 1. The van der Waals surface area contributed by atoms with E-state index in [4.69, 9.17) is 16.3 Å². The van der Waals surface area contributed by atoms with E-state index in [9.17, 15) is 14.3 Å². The highest BCUT2D eigenvalue weighted by Crippen LogP contribution is 2.39. The van der Waals surface area contributed by atoms with Gasteiger partial charge in [0.25, 0.3) is 0 Å². The van der Waals surface area contributed by atoms with Gasteiger partial charge in [-0.1, -0.05) is 31.2 Å². The summed E-state index contributed by atoms with van der Waals surface area (Å²) in [6, 6.07) is 14.5. The zero-order chi connectivity index (χ0) is 26.9. The van der Waals surface area contributed by atoms with Crippen molar-refractivity contribution in [1.82, 2.24) is 4.90 Å². The van der Waals surface area contributed by atoms with E-state index in [1.54, 1.807) is 20.0 Å². The Labute approximate surface area is 217 Å². The zero-order valence-corrected chi connectivity index (χ0v) is 21.8. The maximum absolute atomic E-state index is 13.9. The highest BCUT2D eigenvalue weighted by atomic mass is 19.1. The van der Waals surface area contributed by atoms with Gasteiger partial charge in [0.2, 0.25) is 0 Å². The lowest BCUT2D eigenvalue weighted by Gasteiger charge is -2.28. The van der Waals surface area contributed by atoms with Gasteiger partial charge in [0.05, 0.1) is 17.3 Å². The molecule has 5 N–H and O–H groups in total. The topological polar surface area (TPSA) is 105 Å². The standard InChI is InChI=1S/C29H35FN4O3/c1-17-5-6-20(13-21(17)15-34-11-12-37-26-10-7-23(30)14-22(26)16-34)27(19(3)29(35)36)24-8-9-25(33(4)32)28(31)18(24)2/h5-10,13-14,19,27H,11-12,15-16,31-32H2,1-4H3,(H,35,36)/t19?,27-/m1/s1. The number of aliphatic carboxylic acids is 1. The van der Waals surface area contributed by atoms with Crippen molar-refractivity contribution in [2.24, 2.45) is 11.8 Å². The van der Waals surface area contributed by atoms with Crippen molar-refractivity contribution in [3.63, 3.8) is 0 Å². The Kier molecular flexibility index (Phi) is 7.71. The summed E-state index contributed by atoms with van der Waals surface area (Å²) in [5.41, 5.74) is 13.2. The van der Waals surface area contributed by atoms with Crippen molar-refractivity contribution >= 4 is 17.3 Å². The molecule has 3 aromatic rings. The number of carboxylic acids is 1. The van der Waals surface area contributed by atoms with Gasteiger partial charge in [-0.2, -0.15) is 0 Å². The van der Waals surface area contributed by atoms with Crippen molar-refractivity contribution in [1.29, 1.82) is 0 Å². The van der Waals surface area contributed by atoms with Crippen LogP contribution >= 0.6 is 0 Å². The summed E-state index contributed by atoms with van der Waals surface area (Å²) >= 11 is 0. The monoisotopic (exact) mass is 506 g/mol. The lowest BCUT2D eigenvalue weighted by molar-refractivity contribution is -0.141. The number of halogens is 1. The Morgan fingerprint density at radius 3 is 2.65 bits per heavy atom. The van der Waals surface area contributed by atoms with Gasteiger partial charge in [-0.25, -0.2) is 10.2 Å². The Hall–Kier alpha value is -3.62. The van der Waals surface area contributed by atoms with Crippen LogP contribution in [0.5, 0.6) is 5.75 Å². The SMILES string of the molecule is Cc1ccc([C@H](c2ccc(N(C)N)c(N)c2C)C(C)C(=O)O)cc1CN1CCOc2ccc(F)cc2C1. The molecule has 0 aliphatic carbocycles. The van der Waals surface area contributed by atoms with Gasteiger partial charge >= 0.3 is 5.97 Å². The van der Waals surface area contributed by atoms with Crippen LogP contribution in [-0.2, 0) is 17.9 Å². The Morgan fingerprint density at radius 1 is 1.19 bits per heavy atom. The second-order valence-electron chi connectivity index (χ2n) is 9.93. The van der Waals surface area contributed by atoms with E-state index in [2.05, 4.69) is 11.0 Å². The van der Waals surface area contributed by atoms with Crippen molar-refractivity contribution < 1.29 is 19.0 Å². The molecule has 1 aliphatic rings. The molecule has 1 unspecified atom stereocenters. The quantitative estimate of drug-likeness (QED) is 0.245. The second kappa shape index (κ2) is 10.8. The van der Waals surface area contributed by atoms with Gasteiger partial charge < -0.3 is 20.6 Å². The predicted octanol–water partition coefficient (Wildman–Crippen LogP) is 4.58. The van der Waals surface area contributed by atoms with Crippen LogP contribution in [0.25, 0.3) is 0 Å². The van der Waals surface area contributed by atoms with E-state index in [1.807, 2.05) is 38.1 Å². The number of nitrogens with zero attached hydrogens (tertiary/aromatic N) is 2. The van der Waals surface area contributed by atoms with Crippen LogP contribution in [0.15, 0.2) is 48.5 Å². The summed E-state index contributed by atoms with van der Waals surface area (Å²) in [4.78, 5) is 14.4. The molecule has 37 heavy (non-hydrogen) atoms. The van der Waals surface area contributed by atoms with Gasteiger partial charge in [0, 0.05) is 38.2 Å². The molecular formula is C29H35FN4O3. The van der Waals surface area contributed by atoms with Crippen molar-refractivity contribution in [2.75, 3.05) is 30.9 Å². The van der Waals surface area contributed by atoms with E-state index < -0.39 is 17.8 Å².